The lowest BCUT2D eigenvalue weighted by Crippen LogP contribution is -2.10. The molecule has 0 bridgehead atoms. The zero-order chi connectivity index (χ0) is 24.8. The third-order valence-corrected chi connectivity index (χ3v) is 7.76. The molecule has 0 amide bonds. The maximum atomic E-state index is 12.5. The Morgan fingerprint density at radius 3 is 1.35 bits per heavy atom. The summed E-state index contributed by atoms with van der Waals surface area (Å²) in [6.07, 6.45) is 5.55. The van der Waals surface area contributed by atoms with Crippen molar-refractivity contribution in [3.05, 3.63) is 77.9 Å². The van der Waals surface area contributed by atoms with Crippen molar-refractivity contribution in [3.63, 3.8) is 0 Å². The molecule has 3 aromatic rings. The fourth-order valence-electron chi connectivity index (χ4n) is 4.33. The van der Waals surface area contributed by atoms with E-state index in [0.29, 0.717) is 11.1 Å². The normalized spacial score (nSPS) is 10.9. The number of rotatable bonds is 10. The van der Waals surface area contributed by atoms with Crippen LogP contribution in [0.15, 0.2) is 48.5 Å². The zero-order valence-electron chi connectivity index (χ0n) is 19.3. The molecule has 6 heteroatoms. The molecule has 0 fully saturated rings. The summed E-state index contributed by atoms with van der Waals surface area (Å²) in [6.45, 7) is 4.25. The second-order valence-electron chi connectivity index (χ2n) is 8.28. The lowest BCUT2D eigenvalue weighted by atomic mass is 9.82. The Kier molecular flexibility index (Phi) is 9.53. The van der Waals surface area contributed by atoms with Gasteiger partial charge >= 0.3 is 11.9 Å². The van der Waals surface area contributed by atoms with Crippen LogP contribution in [0, 0.1) is 7.14 Å². The van der Waals surface area contributed by atoms with Gasteiger partial charge < -0.3 is 10.2 Å². The van der Waals surface area contributed by atoms with Gasteiger partial charge in [0.1, 0.15) is 0 Å². The summed E-state index contributed by atoms with van der Waals surface area (Å²) in [5.74, 6) is -2.12. The van der Waals surface area contributed by atoms with Gasteiger partial charge in [0.05, 0.1) is 11.1 Å². The van der Waals surface area contributed by atoms with Crippen LogP contribution in [0.5, 0.6) is 0 Å². The fourth-order valence-corrected chi connectivity index (χ4v) is 5.97. The molecule has 0 unspecified atom stereocenters. The molecule has 0 saturated carbocycles. The van der Waals surface area contributed by atoms with E-state index < -0.39 is 11.9 Å². The number of hydrogen-bond acceptors (Lipinski definition) is 2. The SMILES string of the molecule is CCCCc1cccc(I)c1-c1c(C(=O)O)ccc(C(=O)O)c1-c1c(I)cccc1CCCC. The summed E-state index contributed by atoms with van der Waals surface area (Å²) in [6, 6.07) is 14.8. The Bertz CT molecular complexity index is 1120. The van der Waals surface area contributed by atoms with Crippen molar-refractivity contribution in [1.29, 1.82) is 0 Å². The lowest BCUT2D eigenvalue weighted by molar-refractivity contribution is 0.0682. The first-order valence-electron chi connectivity index (χ1n) is 11.5. The number of halogens is 2. The summed E-state index contributed by atoms with van der Waals surface area (Å²) in [5.41, 5.74) is 5.00. The molecule has 0 saturated heterocycles. The second-order valence-corrected chi connectivity index (χ2v) is 10.6. The number of carbonyl (C=O) groups is 2. The van der Waals surface area contributed by atoms with Gasteiger partial charge in [0.15, 0.2) is 0 Å². The lowest BCUT2D eigenvalue weighted by Gasteiger charge is -2.22. The van der Waals surface area contributed by atoms with Crippen molar-refractivity contribution in [1.82, 2.24) is 0 Å². The van der Waals surface area contributed by atoms with E-state index in [1.54, 1.807) is 0 Å². The molecule has 0 heterocycles. The monoisotopic (exact) mass is 682 g/mol. The number of unbranched alkanes of at least 4 members (excludes halogenated alkanes) is 2. The molecule has 34 heavy (non-hydrogen) atoms. The number of aromatic carboxylic acids is 2. The third kappa shape index (κ3) is 5.64. The van der Waals surface area contributed by atoms with E-state index in [4.69, 9.17) is 0 Å². The fraction of sp³-hybridized carbons (Fsp3) is 0.286. The van der Waals surface area contributed by atoms with Gasteiger partial charge in [-0.05, 0) is 117 Å². The molecule has 0 aliphatic carbocycles. The highest BCUT2D eigenvalue weighted by Gasteiger charge is 2.28. The van der Waals surface area contributed by atoms with E-state index in [1.165, 1.54) is 12.1 Å². The molecule has 3 rings (SSSR count). The van der Waals surface area contributed by atoms with Crippen molar-refractivity contribution in [2.45, 2.75) is 52.4 Å². The molecule has 0 atom stereocenters. The summed E-state index contributed by atoms with van der Waals surface area (Å²) in [5, 5.41) is 20.4. The topological polar surface area (TPSA) is 74.6 Å². The average Bonchev–Trinajstić information content (AvgIpc) is 2.80. The molecule has 0 aromatic heterocycles. The van der Waals surface area contributed by atoms with E-state index in [2.05, 4.69) is 59.0 Å². The first kappa shape index (κ1) is 26.7. The summed E-state index contributed by atoms with van der Waals surface area (Å²) >= 11 is 4.49. The second kappa shape index (κ2) is 12.2. The predicted octanol–water partition coefficient (Wildman–Crippen LogP) is 8.31. The van der Waals surface area contributed by atoms with Gasteiger partial charge in [-0.25, -0.2) is 9.59 Å². The van der Waals surface area contributed by atoms with Gasteiger partial charge in [0.2, 0.25) is 0 Å². The van der Waals surface area contributed by atoms with E-state index >= 15 is 0 Å². The van der Waals surface area contributed by atoms with E-state index in [9.17, 15) is 19.8 Å². The van der Waals surface area contributed by atoms with E-state index in [-0.39, 0.29) is 11.1 Å². The van der Waals surface area contributed by atoms with E-state index in [1.807, 2.05) is 36.4 Å². The third-order valence-electron chi connectivity index (χ3n) is 5.97. The van der Waals surface area contributed by atoms with Crippen LogP contribution in [0.2, 0.25) is 0 Å². The summed E-state index contributed by atoms with van der Waals surface area (Å²) in [4.78, 5) is 25.0. The van der Waals surface area contributed by atoms with Crippen LogP contribution in [0.25, 0.3) is 22.3 Å². The van der Waals surface area contributed by atoms with Gasteiger partial charge in [0.25, 0.3) is 0 Å². The largest absolute Gasteiger partial charge is 0.478 e. The van der Waals surface area contributed by atoms with Crippen LogP contribution in [0.3, 0.4) is 0 Å². The highest BCUT2D eigenvalue weighted by molar-refractivity contribution is 14.1. The molecule has 4 nitrogen and oxygen atoms in total. The smallest absolute Gasteiger partial charge is 0.336 e. The molecular formula is C28H28I2O4. The Balaban J connectivity index is 2.53. The van der Waals surface area contributed by atoms with Gasteiger partial charge in [-0.2, -0.15) is 0 Å². The number of carboxylic acids is 2. The Labute approximate surface area is 228 Å². The van der Waals surface area contributed by atoms with Gasteiger partial charge in [-0.1, -0.05) is 51.0 Å². The minimum absolute atomic E-state index is 0.128. The highest BCUT2D eigenvalue weighted by Crippen LogP contribution is 2.44. The number of benzene rings is 3. The molecule has 178 valence electrons. The van der Waals surface area contributed by atoms with Crippen LogP contribution in [0.4, 0.5) is 0 Å². The molecule has 0 aliphatic rings. The molecule has 2 N–H and O–H groups in total. The minimum Gasteiger partial charge on any atom is -0.478 e. The Morgan fingerprint density at radius 1 is 0.647 bits per heavy atom. The summed E-state index contributed by atoms with van der Waals surface area (Å²) in [7, 11) is 0. The standard InChI is InChI=1S/C28H28I2O4/c1-3-5-9-17-11-7-13-21(29)23(17)25-19(27(31)32)15-16-20(28(33)34)26(25)24-18(10-6-4-2)12-8-14-22(24)30/h7-8,11-16H,3-6,9-10H2,1-2H3,(H,31,32)(H,33,34). The quantitative estimate of drug-likeness (QED) is 0.211. The molecule has 0 spiro atoms. The number of aryl methyl sites for hydroxylation is 2. The maximum absolute atomic E-state index is 12.5. The average molecular weight is 682 g/mol. The van der Waals surface area contributed by atoms with Crippen LogP contribution >= 0.6 is 45.2 Å². The number of carboxylic acid groups (broad SMARTS) is 2. The van der Waals surface area contributed by atoms with Gasteiger partial charge in [0, 0.05) is 18.3 Å². The highest BCUT2D eigenvalue weighted by atomic mass is 127. The first-order chi connectivity index (χ1) is 16.3. The van der Waals surface area contributed by atoms with Crippen molar-refractivity contribution in [2.75, 3.05) is 0 Å². The molecule has 0 aliphatic heterocycles. The molecule has 3 aromatic carbocycles. The van der Waals surface area contributed by atoms with Crippen LogP contribution < -0.4 is 0 Å². The molecular weight excluding hydrogens is 654 g/mol. The predicted molar refractivity (Wildman–Crippen MR) is 154 cm³/mol. The van der Waals surface area contributed by atoms with Gasteiger partial charge in [-0.15, -0.1) is 0 Å². The van der Waals surface area contributed by atoms with Crippen molar-refractivity contribution < 1.29 is 19.8 Å². The number of hydrogen-bond donors (Lipinski definition) is 2. The van der Waals surface area contributed by atoms with Crippen molar-refractivity contribution in [2.24, 2.45) is 0 Å². The van der Waals surface area contributed by atoms with Crippen molar-refractivity contribution in [3.8, 4) is 22.3 Å². The van der Waals surface area contributed by atoms with Gasteiger partial charge in [-0.3, -0.25) is 0 Å². The van der Waals surface area contributed by atoms with Crippen LogP contribution in [0.1, 0.15) is 71.4 Å². The van der Waals surface area contributed by atoms with E-state index in [0.717, 1.165) is 67.9 Å². The Hall–Kier alpha value is -1.94. The Morgan fingerprint density at radius 2 is 1.03 bits per heavy atom. The zero-order valence-corrected chi connectivity index (χ0v) is 23.6. The minimum atomic E-state index is -1.06. The first-order valence-corrected chi connectivity index (χ1v) is 13.7. The summed E-state index contributed by atoms with van der Waals surface area (Å²) < 4.78 is 1.83. The van der Waals surface area contributed by atoms with Crippen LogP contribution in [-0.4, -0.2) is 22.2 Å². The van der Waals surface area contributed by atoms with Crippen LogP contribution in [-0.2, 0) is 12.8 Å². The maximum Gasteiger partial charge on any atom is 0.336 e. The van der Waals surface area contributed by atoms with Crippen molar-refractivity contribution >= 4 is 57.1 Å². The molecule has 0 radical (unpaired) electrons.